The van der Waals surface area contributed by atoms with Gasteiger partial charge in [-0.05, 0) is 11.6 Å². The first-order valence-corrected chi connectivity index (χ1v) is 12.5. The molecule has 0 bridgehead atoms. The van der Waals surface area contributed by atoms with Crippen LogP contribution in [-0.2, 0) is 17.9 Å². The van der Waals surface area contributed by atoms with Crippen molar-refractivity contribution in [1.29, 1.82) is 0 Å². The number of benzene rings is 2. The van der Waals surface area contributed by atoms with E-state index in [1.165, 1.54) is 0 Å². The lowest BCUT2D eigenvalue weighted by atomic mass is 10.2. The molecule has 0 atom stereocenters. The van der Waals surface area contributed by atoms with Crippen molar-refractivity contribution in [3.05, 3.63) is 71.7 Å². The number of rotatable bonds is 8. The standard InChI is InChI=1S/C25H27N7OS/c33-23(12-7-13-32-28-24(27-29-32)20-8-3-1-4-9-20)31-16-14-30(15-17-31)18-22-19-34-25(26-22)21-10-5-2-6-11-21/h1-6,8-11,19H,7,12-18H2. The molecule has 5 rings (SSSR count). The quantitative estimate of drug-likeness (QED) is 0.389. The maximum Gasteiger partial charge on any atom is 0.222 e. The predicted molar refractivity (Wildman–Crippen MR) is 132 cm³/mol. The Balaban J connectivity index is 1.04. The Labute approximate surface area is 202 Å². The van der Waals surface area contributed by atoms with E-state index < -0.39 is 0 Å². The first kappa shape index (κ1) is 22.4. The molecule has 2 aromatic heterocycles. The summed E-state index contributed by atoms with van der Waals surface area (Å²) >= 11 is 1.69. The van der Waals surface area contributed by atoms with Crippen molar-refractivity contribution in [3.63, 3.8) is 0 Å². The smallest absolute Gasteiger partial charge is 0.222 e. The molecule has 0 spiro atoms. The number of aromatic nitrogens is 5. The summed E-state index contributed by atoms with van der Waals surface area (Å²) < 4.78 is 0. The largest absolute Gasteiger partial charge is 0.340 e. The molecule has 2 aromatic carbocycles. The van der Waals surface area contributed by atoms with Gasteiger partial charge in [0.1, 0.15) is 5.01 Å². The number of thiazole rings is 1. The lowest BCUT2D eigenvalue weighted by Gasteiger charge is -2.34. The average Bonchev–Trinajstić information content (AvgIpc) is 3.56. The maximum absolute atomic E-state index is 12.7. The summed E-state index contributed by atoms with van der Waals surface area (Å²) in [4.78, 5) is 23.4. The van der Waals surface area contributed by atoms with Gasteiger partial charge in [0, 0.05) is 55.7 Å². The Kier molecular flexibility index (Phi) is 7.02. The molecule has 1 saturated heterocycles. The number of hydrogen-bond acceptors (Lipinski definition) is 7. The van der Waals surface area contributed by atoms with Crippen molar-refractivity contribution in [1.82, 2.24) is 35.0 Å². The van der Waals surface area contributed by atoms with E-state index in [1.807, 2.05) is 53.4 Å². The van der Waals surface area contributed by atoms with Crippen molar-refractivity contribution < 1.29 is 4.79 Å². The second-order valence-electron chi connectivity index (χ2n) is 8.35. The van der Waals surface area contributed by atoms with E-state index in [1.54, 1.807) is 16.1 Å². The minimum atomic E-state index is 0.197. The zero-order valence-corrected chi connectivity index (χ0v) is 19.8. The molecule has 9 heteroatoms. The fourth-order valence-electron chi connectivity index (χ4n) is 4.05. The van der Waals surface area contributed by atoms with Crippen molar-refractivity contribution >= 4 is 17.2 Å². The molecule has 1 fully saturated rings. The van der Waals surface area contributed by atoms with Gasteiger partial charge in [-0.3, -0.25) is 9.69 Å². The van der Waals surface area contributed by atoms with E-state index in [9.17, 15) is 4.79 Å². The highest BCUT2D eigenvalue weighted by molar-refractivity contribution is 7.13. The third-order valence-electron chi connectivity index (χ3n) is 5.92. The highest BCUT2D eigenvalue weighted by Crippen LogP contribution is 2.24. The molecule has 3 heterocycles. The Morgan fingerprint density at radius 3 is 2.35 bits per heavy atom. The number of piperazine rings is 1. The minimum absolute atomic E-state index is 0.197. The van der Waals surface area contributed by atoms with Crippen molar-refractivity contribution in [2.24, 2.45) is 0 Å². The van der Waals surface area contributed by atoms with Crippen LogP contribution in [0.1, 0.15) is 18.5 Å². The van der Waals surface area contributed by atoms with Gasteiger partial charge in [0.2, 0.25) is 11.7 Å². The zero-order valence-electron chi connectivity index (χ0n) is 19.0. The van der Waals surface area contributed by atoms with E-state index >= 15 is 0 Å². The predicted octanol–water partition coefficient (Wildman–Crippen LogP) is 3.59. The van der Waals surface area contributed by atoms with Gasteiger partial charge in [-0.25, -0.2) is 4.98 Å². The molecule has 34 heavy (non-hydrogen) atoms. The lowest BCUT2D eigenvalue weighted by Crippen LogP contribution is -2.48. The normalized spacial score (nSPS) is 14.4. The number of amides is 1. The Morgan fingerprint density at radius 1 is 0.912 bits per heavy atom. The number of carbonyl (C=O) groups excluding carboxylic acids is 1. The summed E-state index contributed by atoms with van der Waals surface area (Å²) in [6, 6.07) is 20.1. The number of aryl methyl sites for hydroxylation is 1. The average molecular weight is 474 g/mol. The SMILES string of the molecule is O=C(CCCn1nnc(-c2ccccc2)n1)N1CCN(Cc2csc(-c3ccccc3)n2)CC1. The molecule has 0 radical (unpaired) electrons. The van der Waals surface area contributed by atoms with Crippen LogP contribution in [0.5, 0.6) is 0 Å². The summed E-state index contributed by atoms with van der Waals surface area (Å²) in [5, 5.41) is 15.8. The van der Waals surface area contributed by atoms with Crippen LogP contribution in [0.2, 0.25) is 0 Å². The van der Waals surface area contributed by atoms with Crippen molar-refractivity contribution in [2.45, 2.75) is 25.9 Å². The zero-order chi connectivity index (χ0) is 23.2. The highest BCUT2D eigenvalue weighted by atomic mass is 32.1. The molecule has 0 N–H and O–H groups in total. The van der Waals surface area contributed by atoms with Crippen LogP contribution >= 0.6 is 11.3 Å². The first-order valence-electron chi connectivity index (χ1n) is 11.6. The summed E-state index contributed by atoms with van der Waals surface area (Å²) in [5.74, 6) is 0.808. The van der Waals surface area contributed by atoms with Gasteiger partial charge in [0.25, 0.3) is 0 Å². The number of carbonyl (C=O) groups is 1. The lowest BCUT2D eigenvalue weighted by molar-refractivity contribution is -0.133. The van der Waals surface area contributed by atoms with Crippen LogP contribution in [0.3, 0.4) is 0 Å². The summed E-state index contributed by atoms with van der Waals surface area (Å²) in [6.07, 6.45) is 1.19. The molecular formula is C25H27N7OS. The highest BCUT2D eigenvalue weighted by Gasteiger charge is 2.21. The summed E-state index contributed by atoms with van der Waals surface area (Å²) in [6.45, 7) is 4.67. The fourth-order valence-corrected chi connectivity index (χ4v) is 4.86. The van der Waals surface area contributed by atoms with Gasteiger partial charge in [0.15, 0.2) is 0 Å². The number of tetrazole rings is 1. The number of nitrogens with zero attached hydrogens (tertiary/aromatic N) is 7. The molecule has 174 valence electrons. The van der Waals surface area contributed by atoms with Gasteiger partial charge in [0.05, 0.1) is 12.2 Å². The fraction of sp³-hybridized carbons (Fsp3) is 0.320. The van der Waals surface area contributed by atoms with Crippen molar-refractivity contribution in [3.8, 4) is 22.0 Å². The Bertz CT molecular complexity index is 1200. The molecular weight excluding hydrogens is 446 g/mol. The molecule has 1 amide bonds. The summed E-state index contributed by atoms with van der Waals surface area (Å²) in [7, 11) is 0. The third-order valence-corrected chi connectivity index (χ3v) is 6.86. The topological polar surface area (TPSA) is 80.0 Å². The van der Waals surface area contributed by atoms with Crippen LogP contribution in [0.15, 0.2) is 66.0 Å². The molecule has 8 nitrogen and oxygen atoms in total. The second kappa shape index (κ2) is 10.7. The van der Waals surface area contributed by atoms with Crippen LogP contribution < -0.4 is 0 Å². The monoisotopic (exact) mass is 473 g/mol. The summed E-state index contributed by atoms with van der Waals surface area (Å²) in [5.41, 5.74) is 3.20. The molecule has 0 aliphatic carbocycles. The van der Waals surface area contributed by atoms with E-state index in [0.29, 0.717) is 25.2 Å². The Hall–Kier alpha value is -3.43. The van der Waals surface area contributed by atoms with E-state index in [0.717, 1.165) is 54.6 Å². The van der Waals surface area contributed by atoms with Gasteiger partial charge in [-0.2, -0.15) is 4.80 Å². The van der Waals surface area contributed by atoms with Gasteiger partial charge in [-0.15, -0.1) is 21.5 Å². The van der Waals surface area contributed by atoms with E-state index in [-0.39, 0.29) is 5.91 Å². The number of hydrogen-bond donors (Lipinski definition) is 0. The van der Waals surface area contributed by atoms with Crippen LogP contribution in [0.25, 0.3) is 22.0 Å². The first-order chi connectivity index (χ1) is 16.7. The Morgan fingerprint density at radius 2 is 1.62 bits per heavy atom. The van der Waals surface area contributed by atoms with Crippen LogP contribution in [-0.4, -0.2) is 67.1 Å². The van der Waals surface area contributed by atoms with Gasteiger partial charge in [-0.1, -0.05) is 60.7 Å². The van der Waals surface area contributed by atoms with Gasteiger partial charge < -0.3 is 4.90 Å². The minimum Gasteiger partial charge on any atom is -0.340 e. The third kappa shape index (κ3) is 5.55. The van der Waals surface area contributed by atoms with Crippen LogP contribution in [0, 0.1) is 0 Å². The van der Waals surface area contributed by atoms with Gasteiger partial charge >= 0.3 is 0 Å². The molecule has 4 aromatic rings. The molecule has 0 saturated carbocycles. The van der Waals surface area contributed by atoms with Crippen LogP contribution in [0.4, 0.5) is 0 Å². The molecule has 1 aliphatic heterocycles. The van der Waals surface area contributed by atoms with E-state index in [2.05, 4.69) is 37.8 Å². The molecule has 0 unspecified atom stereocenters. The van der Waals surface area contributed by atoms with Crippen molar-refractivity contribution in [2.75, 3.05) is 26.2 Å². The maximum atomic E-state index is 12.7. The van der Waals surface area contributed by atoms with E-state index in [4.69, 9.17) is 4.98 Å². The molecule has 1 aliphatic rings. The second-order valence-corrected chi connectivity index (χ2v) is 9.20.